The smallest absolute Gasteiger partial charge is 0.237 e. The number of ether oxygens (including phenoxy) is 2. The Morgan fingerprint density at radius 2 is 1.82 bits per heavy atom. The number of nitrogens with zero attached hydrogens (tertiary/aromatic N) is 2. The van der Waals surface area contributed by atoms with Crippen LogP contribution in [0.3, 0.4) is 0 Å². The Morgan fingerprint density at radius 1 is 1.05 bits per heavy atom. The third-order valence-electron chi connectivity index (χ3n) is 8.11. The number of thioether (sulfide) groups is 1. The molecule has 2 atom stereocenters. The minimum atomic E-state index is -0.0779. The summed E-state index contributed by atoms with van der Waals surface area (Å²) >= 11 is 1.77. The maximum absolute atomic E-state index is 13.5. The molecule has 2 N–H and O–H groups in total. The van der Waals surface area contributed by atoms with Gasteiger partial charge in [0.1, 0.15) is 0 Å². The molecular weight excluding hydrogens is 496 g/mol. The van der Waals surface area contributed by atoms with Crippen LogP contribution in [0, 0.1) is 0 Å². The molecule has 0 bridgehead atoms. The van der Waals surface area contributed by atoms with Gasteiger partial charge in [0.25, 0.3) is 0 Å². The zero-order chi connectivity index (χ0) is 26.3. The van der Waals surface area contributed by atoms with Crippen molar-refractivity contribution in [1.82, 2.24) is 20.4 Å². The Balaban J connectivity index is 1.18. The van der Waals surface area contributed by atoms with Gasteiger partial charge in [-0.2, -0.15) is 0 Å². The molecule has 5 rings (SSSR count). The summed E-state index contributed by atoms with van der Waals surface area (Å²) in [6.45, 7) is 8.36. The number of likely N-dealkylation sites (tertiary alicyclic amines) is 2. The number of rotatable bonds is 11. The largest absolute Gasteiger partial charge is 0.454 e. The molecule has 38 heavy (non-hydrogen) atoms. The maximum Gasteiger partial charge on any atom is 0.237 e. The van der Waals surface area contributed by atoms with Crippen molar-refractivity contribution in [3.63, 3.8) is 0 Å². The molecule has 0 unspecified atom stereocenters. The SMILES string of the molecule is CCCN1CCC(N2C[C@@H](NCc3ccc(SC)cc3)C[C@H]2C(=O)NCCc2ccc3c(c2)OCO3)CC1. The van der Waals surface area contributed by atoms with Crippen LogP contribution in [0.1, 0.15) is 43.7 Å². The van der Waals surface area contributed by atoms with E-state index in [0.717, 1.165) is 68.9 Å². The monoisotopic (exact) mass is 538 g/mol. The molecule has 206 valence electrons. The Morgan fingerprint density at radius 3 is 2.58 bits per heavy atom. The van der Waals surface area contributed by atoms with Gasteiger partial charge in [-0.15, -0.1) is 11.8 Å². The third-order valence-corrected chi connectivity index (χ3v) is 8.86. The van der Waals surface area contributed by atoms with E-state index in [9.17, 15) is 4.79 Å². The van der Waals surface area contributed by atoms with Crippen molar-refractivity contribution < 1.29 is 14.3 Å². The topological polar surface area (TPSA) is 66.1 Å². The second kappa shape index (κ2) is 13.2. The average Bonchev–Trinajstić information content (AvgIpc) is 3.60. The lowest BCUT2D eigenvalue weighted by atomic mass is 10.0. The maximum atomic E-state index is 13.5. The minimum Gasteiger partial charge on any atom is -0.454 e. The molecule has 3 aliphatic heterocycles. The molecule has 0 aromatic heterocycles. The molecule has 0 aliphatic carbocycles. The van der Waals surface area contributed by atoms with Crippen LogP contribution < -0.4 is 20.1 Å². The summed E-state index contributed by atoms with van der Waals surface area (Å²) in [4.78, 5) is 19.9. The van der Waals surface area contributed by atoms with E-state index in [-0.39, 0.29) is 18.7 Å². The van der Waals surface area contributed by atoms with Crippen molar-refractivity contribution in [1.29, 1.82) is 0 Å². The summed E-state index contributed by atoms with van der Waals surface area (Å²) in [6.07, 6.45) is 7.22. The van der Waals surface area contributed by atoms with E-state index in [1.807, 2.05) is 12.1 Å². The van der Waals surface area contributed by atoms with Gasteiger partial charge in [-0.3, -0.25) is 9.69 Å². The van der Waals surface area contributed by atoms with Gasteiger partial charge >= 0.3 is 0 Å². The van der Waals surface area contributed by atoms with Crippen molar-refractivity contribution in [3.05, 3.63) is 53.6 Å². The van der Waals surface area contributed by atoms with Crippen molar-refractivity contribution in [2.24, 2.45) is 0 Å². The number of carbonyl (C=O) groups excluding carboxylic acids is 1. The van der Waals surface area contributed by atoms with E-state index < -0.39 is 0 Å². The lowest BCUT2D eigenvalue weighted by Gasteiger charge is -2.39. The Kier molecular flexibility index (Phi) is 9.49. The van der Waals surface area contributed by atoms with Crippen LogP contribution >= 0.6 is 11.8 Å². The number of fused-ring (bicyclic) bond motifs is 1. The van der Waals surface area contributed by atoms with Gasteiger partial charge in [-0.1, -0.05) is 25.1 Å². The second-order valence-electron chi connectivity index (χ2n) is 10.7. The first-order valence-electron chi connectivity index (χ1n) is 14.1. The highest BCUT2D eigenvalue weighted by molar-refractivity contribution is 7.98. The Hall–Kier alpha value is -2.26. The van der Waals surface area contributed by atoms with Gasteiger partial charge < -0.3 is 25.0 Å². The predicted molar refractivity (Wildman–Crippen MR) is 153 cm³/mol. The summed E-state index contributed by atoms with van der Waals surface area (Å²) < 4.78 is 10.9. The predicted octanol–water partition coefficient (Wildman–Crippen LogP) is 3.90. The van der Waals surface area contributed by atoms with E-state index in [1.54, 1.807) is 11.8 Å². The van der Waals surface area contributed by atoms with E-state index in [4.69, 9.17) is 9.47 Å². The highest BCUT2D eigenvalue weighted by Crippen LogP contribution is 2.32. The standard InChI is InChI=1S/C30H42N4O3S/c1-3-14-33-15-11-25(12-16-33)34-20-24(32-19-23-4-7-26(38-2)8-5-23)18-27(34)30(35)31-13-10-22-6-9-28-29(17-22)37-21-36-28/h4-9,17,24-25,27,32H,3,10-16,18-21H2,1-2H3,(H,31,35)/t24-,27-/m0/s1. The normalized spacial score (nSPS) is 22.2. The van der Waals surface area contributed by atoms with E-state index in [2.05, 4.69) is 63.9 Å². The first-order valence-corrected chi connectivity index (χ1v) is 15.4. The number of benzene rings is 2. The molecule has 8 heteroatoms. The van der Waals surface area contributed by atoms with Gasteiger partial charge in [0, 0.05) is 36.6 Å². The minimum absolute atomic E-state index is 0.0779. The van der Waals surface area contributed by atoms with Crippen molar-refractivity contribution in [2.45, 2.75) is 68.6 Å². The van der Waals surface area contributed by atoms with Gasteiger partial charge in [-0.05, 0) is 93.4 Å². The summed E-state index contributed by atoms with van der Waals surface area (Å²) in [5, 5.41) is 7.01. The summed E-state index contributed by atoms with van der Waals surface area (Å²) in [7, 11) is 0. The van der Waals surface area contributed by atoms with Crippen molar-refractivity contribution in [2.75, 3.05) is 45.8 Å². The highest BCUT2D eigenvalue weighted by atomic mass is 32.2. The Labute approximate surface area is 231 Å². The number of amides is 1. The van der Waals surface area contributed by atoms with Crippen LogP contribution in [0.5, 0.6) is 11.5 Å². The second-order valence-corrected chi connectivity index (χ2v) is 11.6. The molecule has 2 saturated heterocycles. The fourth-order valence-electron chi connectivity index (χ4n) is 6.01. The molecule has 2 aromatic carbocycles. The fourth-order valence-corrected chi connectivity index (χ4v) is 6.42. The molecule has 2 aromatic rings. The number of piperidine rings is 1. The zero-order valence-corrected chi connectivity index (χ0v) is 23.6. The van der Waals surface area contributed by atoms with Gasteiger partial charge in [0.2, 0.25) is 12.7 Å². The van der Waals surface area contributed by atoms with Crippen LogP contribution in [0.15, 0.2) is 47.4 Å². The first-order chi connectivity index (χ1) is 18.6. The highest BCUT2D eigenvalue weighted by Gasteiger charge is 2.40. The van der Waals surface area contributed by atoms with Gasteiger partial charge in [0.05, 0.1) is 6.04 Å². The molecular formula is C30H42N4O3S. The fraction of sp³-hybridized carbons (Fsp3) is 0.567. The third kappa shape index (κ3) is 6.84. The summed E-state index contributed by atoms with van der Waals surface area (Å²) in [5.41, 5.74) is 2.44. The molecule has 0 radical (unpaired) electrons. The van der Waals surface area contributed by atoms with E-state index in [1.165, 1.54) is 23.4 Å². The summed E-state index contributed by atoms with van der Waals surface area (Å²) in [6, 6.07) is 15.5. The number of hydrogen-bond donors (Lipinski definition) is 2. The molecule has 7 nitrogen and oxygen atoms in total. The van der Waals surface area contributed by atoms with Gasteiger partial charge in [-0.25, -0.2) is 0 Å². The van der Waals surface area contributed by atoms with Crippen molar-refractivity contribution >= 4 is 17.7 Å². The van der Waals surface area contributed by atoms with Crippen LogP contribution in [-0.2, 0) is 17.8 Å². The lowest BCUT2D eigenvalue weighted by molar-refractivity contribution is -0.126. The number of nitrogens with one attached hydrogen (secondary N) is 2. The van der Waals surface area contributed by atoms with E-state index >= 15 is 0 Å². The molecule has 3 heterocycles. The molecule has 3 aliphatic rings. The van der Waals surface area contributed by atoms with Crippen LogP contribution in [0.4, 0.5) is 0 Å². The number of hydrogen-bond acceptors (Lipinski definition) is 7. The van der Waals surface area contributed by atoms with Crippen molar-refractivity contribution in [3.8, 4) is 11.5 Å². The molecule has 2 fully saturated rings. The molecule has 1 amide bonds. The first kappa shape index (κ1) is 27.3. The zero-order valence-electron chi connectivity index (χ0n) is 22.8. The quantitative estimate of drug-likeness (QED) is 0.421. The Bertz CT molecular complexity index is 1060. The van der Waals surface area contributed by atoms with Crippen LogP contribution in [-0.4, -0.2) is 79.6 Å². The van der Waals surface area contributed by atoms with Crippen LogP contribution in [0.2, 0.25) is 0 Å². The molecule has 0 saturated carbocycles. The summed E-state index contributed by atoms with van der Waals surface area (Å²) in [5.74, 6) is 1.75. The lowest BCUT2D eigenvalue weighted by Crippen LogP contribution is -2.51. The van der Waals surface area contributed by atoms with E-state index in [0.29, 0.717) is 18.6 Å². The molecule has 0 spiro atoms. The van der Waals surface area contributed by atoms with Gasteiger partial charge in [0.15, 0.2) is 11.5 Å². The number of carbonyl (C=O) groups is 1. The van der Waals surface area contributed by atoms with Crippen LogP contribution in [0.25, 0.3) is 0 Å². The average molecular weight is 539 g/mol.